The van der Waals surface area contributed by atoms with Gasteiger partial charge in [-0.05, 0) is 37.5 Å². The van der Waals surface area contributed by atoms with E-state index in [1.807, 2.05) is 0 Å². The third kappa shape index (κ3) is 1.60. The highest BCUT2D eigenvalue weighted by Crippen LogP contribution is 2.57. The van der Waals surface area contributed by atoms with E-state index < -0.39 is 0 Å². The average Bonchev–Trinajstić information content (AvgIpc) is 2.25. The molecular weight excluding hydrogens is 204 g/mol. The zero-order valence-corrected chi connectivity index (χ0v) is 10.1. The molecule has 0 radical (unpaired) electrons. The van der Waals surface area contributed by atoms with Crippen molar-refractivity contribution in [2.45, 2.75) is 56.8 Å². The van der Waals surface area contributed by atoms with Crippen molar-refractivity contribution in [1.29, 1.82) is 0 Å². The number of ether oxygens (including phenoxy) is 2. The first-order valence-electron chi connectivity index (χ1n) is 6.64. The second kappa shape index (κ2) is 3.69. The Labute approximate surface area is 97.1 Å². The van der Waals surface area contributed by atoms with Crippen molar-refractivity contribution in [3.8, 4) is 0 Å². The van der Waals surface area contributed by atoms with E-state index in [0.29, 0.717) is 11.8 Å². The number of aliphatic hydroxyl groups is 1. The highest BCUT2D eigenvalue weighted by atomic mass is 16.7. The molecule has 4 fully saturated rings. The number of rotatable bonds is 4. The fourth-order valence-corrected chi connectivity index (χ4v) is 4.21. The Morgan fingerprint density at radius 3 is 2.50 bits per heavy atom. The summed E-state index contributed by atoms with van der Waals surface area (Å²) in [6.07, 6.45) is 6.53. The Morgan fingerprint density at radius 1 is 1.25 bits per heavy atom. The summed E-state index contributed by atoms with van der Waals surface area (Å²) < 4.78 is 12.2. The van der Waals surface area contributed by atoms with Gasteiger partial charge in [-0.3, -0.25) is 0 Å². The molecule has 4 bridgehead atoms. The lowest BCUT2D eigenvalue weighted by Gasteiger charge is -2.60. The fourth-order valence-electron chi connectivity index (χ4n) is 4.21. The van der Waals surface area contributed by atoms with Gasteiger partial charge in [-0.1, -0.05) is 6.92 Å². The quantitative estimate of drug-likeness (QED) is 0.797. The third-order valence-corrected chi connectivity index (χ3v) is 4.45. The van der Waals surface area contributed by atoms with Crippen molar-refractivity contribution in [1.82, 2.24) is 0 Å². The van der Waals surface area contributed by atoms with Crippen LogP contribution in [0.15, 0.2) is 0 Å². The average molecular weight is 226 g/mol. The highest BCUT2D eigenvalue weighted by molar-refractivity contribution is 5.04. The molecule has 0 aromatic rings. The molecule has 92 valence electrons. The molecule has 16 heavy (non-hydrogen) atoms. The minimum atomic E-state index is -0.344. The van der Waals surface area contributed by atoms with E-state index in [2.05, 4.69) is 6.92 Å². The molecule has 4 rings (SSSR count). The van der Waals surface area contributed by atoms with Gasteiger partial charge in [0.1, 0.15) is 0 Å². The topological polar surface area (TPSA) is 38.7 Å². The molecule has 2 heterocycles. The van der Waals surface area contributed by atoms with Crippen molar-refractivity contribution >= 4 is 0 Å². The lowest BCUT2D eigenvalue weighted by Crippen LogP contribution is -2.63. The molecule has 2 aliphatic carbocycles. The number of hydrogen-bond acceptors (Lipinski definition) is 3. The summed E-state index contributed by atoms with van der Waals surface area (Å²) in [5.74, 6) is 1.08. The highest BCUT2D eigenvalue weighted by Gasteiger charge is 2.59. The summed E-state index contributed by atoms with van der Waals surface area (Å²) >= 11 is 0. The van der Waals surface area contributed by atoms with Gasteiger partial charge in [0.05, 0.1) is 12.2 Å². The molecule has 2 atom stereocenters. The number of hydrogen-bond donors (Lipinski definition) is 1. The number of aliphatic hydroxyl groups excluding tert-OH is 1. The van der Waals surface area contributed by atoms with Crippen LogP contribution >= 0.6 is 0 Å². The lowest BCUT2D eigenvalue weighted by molar-refractivity contribution is -0.375. The first kappa shape index (κ1) is 11.0. The van der Waals surface area contributed by atoms with Crippen LogP contribution in [0.1, 0.15) is 45.4 Å². The van der Waals surface area contributed by atoms with E-state index in [4.69, 9.17) is 9.47 Å². The Kier molecular flexibility index (Phi) is 2.54. The van der Waals surface area contributed by atoms with Crippen LogP contribution in [-0.4, -0.2) is 29.7 Å². The second-order valence-corrected chi connectivity index (χ2v) is 5.99. The van der Waals surface area contributed by atoms with Crippen molar-refractivity contribution in [3.05, 3.63) is 0 Å². The largest absolute Gasteiger partial charge is 0.393 e. The van der Waals surface area contributed by atoms with Crippen LogP contribution in [0.2, 0.25) is 0 Å². The van der Waals surface area contributed by atoms with Gasteiger partial charge in [0.25, 0.3) is 0 Å². The molecule has 2 saturated heterocycles. The van der Waals surface area contributed by atoms with E-state index in [9.17, 15) is 5.11 Å². The summed E-state index contributed by atoms with van der Waals surface area (Å²) in [5.41, 5.74) is -0.266. The van der Waals surface area contributed by atoms with Gasteiger partial charge in [0, 0.05) is 19.4 Å². The molecule has 4 aliphatic rings. The van der Waals surface area contributed by atoms with Gasteiger partial charge < -0.3 is 14.6 Å². The molecule has 3 nitrogen and oxygen atoms in total. The summed E-state index contributed by atoms with van der Waals surface area (Å²) in [6.45, 7) is 3.07. The van der Waals surface area contributed by atoms with Crippen molar-refractivity contribution < 1.29 is 14.6 Å². The molecule has 1 N–H and O–H groups in total. The summed E-state index contributed by atoms with van der Waals surface area (Å²) in [4.78, 5) is 0. The van der Waals surface area contributed by atoms with Gasteiger partial charge in [-0.25, -0.2) is 0 Å². The summed E-state index contributed by atoms with van der Waals surface area (Å²) in [7, 11) is 0. The molecule has 0 aromatic heterocycles. The van der Waals surface area contributed by atoms with Crippen LogP contribution in [0.5, 0.6) is 0 Å². The normalized spacial score (nSPS) is 49.9. The van der Waals surface area contributed by atoms with E-state index in [-0.39, 0.29) is 18.0 Å². The molecular formula is C13H22O3. The Balaban J connectivity index is 1.81. The first-order chi connectivity index (χ1) is 7.69. The third-order valence-electron chi connectivity index (χ3n) is 4.45. The van der Waals surface area contributed by atoms with Crippen LogP contribution in [0.3, 0.4) is 0 Å². The SMILES string of the molecule is CCCOC12C[C@@H]3C[C@H](CC(CO)(C3)O1)C2. The summed E-state index contributed by atoms with van der Waals surface area (Å²) in [5, 5.41) is 9.59. The maximum Gasteiger partial charge on any atom is 0.169 e. The molecule has 0 unspecified atom stereocenters. The molecule has 3 heteroatoms. The zero-order valence-electron chi connectivity index (χ0n) is 10.1. The van der Waals surface area contributed by atoms with E-state index >= 15 is 0 Å². The first-order valence-corrected chi connectivity index (χ1v) is 6.64. The minimum Gasteiger partial charge on any atom is -0.393 e. The van der Waals surface area contributed by atoms with Crippen LogP contribution in [-0.2, 0) is 9.47 Å². The standard InChI is InChI=1S/C13H22O3/c1-2-3-15-13-7-10-4-11(8-13)6-12(5-10,9-14)16-13/h10-11,14H,2-9H2,1H3/t10-,11-,12?,13?/m1/s1. The van der Waals surface area contributed by atoms with Crippen molar-refractivity contribution in [3.63, 3.8) is 0 Å². The second-order valence-electron chi connectivity index (χ2n) is 5.99. The van der Waals surface area contributed by atoms with Crippen LogP contribution in [0.25, 0.3) is 0 Å². The monoisotopic (exact) mass is 226 g/mol. The molecule has 2 aliphatic heterocycles. The van der Waals surface area contributed by atoms with Crippen LogP contribution in [0, 0.1) is 11.8 Å². The van der Waals surface area contributed by atoms with Crippen molar-refractivity contribution in [2.24, 2.45) is 11.8 Å². The predicted octanol–water partition coefficient (Wildman–Crippen LogP) is 2.08. The van der Waals surface area contributed by atoms with E-state index in [1.54, 1.807) is 0 Å². The van der Waals surface area contributed by atoms with E-state index in [1.165, 1.54) is 6.42 Å². The predicted molar refractivity (Wildman–Crippen MR) is 59.9 cm³/mol. The van der Waals surface area contributed by atoms with Gasteiger partial charge in [0.15, 0.2) is 5.79 Å². The summed E-state index contributed by atoms with van der Waals surface area (Å²) in [6, 6.07) is 0. The van der Waals surface area contributed by atoms with Crippen molar-refractivity contribution in [2.75, 3.05) is 13.2 Å². The van der Waals surface area contributed by atoms with Gasteiger partial charge in [-0.2, -0.15) is 0 Å². The van der Waals surface area contributed by atoms with Gasteiger partial charge in [-0.15, -0.1) is 0 Å². The van der Waals surface area contributed by atoms with Gasteiger partial charge in [0.2, 0.25) is 0 Å². The molecule has 0 aromatic carbocycles. The Hall–Kier alpha value is -0.120. The Bertz CT molecular complexity index is 262. The lowest BCUT2D eigenvalue weighted by atomic mass is 9.61. The smallest absolute Gasteiger partial charge is 0.169 e. The molecule has 0 amide bonds. The maximum absolute atomic E-state index is 9.59. The van der Waals surface area contributed by atoms with Crippen LogP contribution in [0.4, 0.5) is 0 Å². The molecule has 2 saturated carbocycles. The Morgan fingerprint density at radius 2 is 1.94 bits per heavy atom. The fraction of sp³-hybridized carbons (Fsp3) is 1.00. The molecule has 0 spiro atoms. The van der Waals surface area contributed by atoms with Gasteiger partial charge >= 0.3 is 0 Å². The minimum absolute atomic E-state index is 0.164. The zero-order chi connectivity index (χ0) is 11.2. The maximum atomic E-state index is 9.59. The van der Waals surface area contributed by atoms with E-state index in [0.717, 1.165) is 38.7 Å². The van der Waals surface area contributed by atoms with Crippen LogP contribution < -0.4 is 0 Å².